The van der Waals surface area contributed by atoms with Crippen LogP contribution in [0.1, 0.15) is 0 Å². The maximum Gasteiger partial charge on any atom is 0.260 e. The van der Waals surface area contributed by atoms with E-state index in [0.717, 1.165) is 0 Å². The molecule has 0 aliphatic rings. The molecule has 0 aromatic carbocycles. The van der Waals surface area contributed by atoms with Crippen molar-refractivity contribution in [2.75, 3.05) is 0 Å². The molecule has 84 valence electrons. The third-order valence-electron chi connectivity index (χ3n) is 2.50. The first kappa shape index (κ1) is 9.59. The van der Waals surface area contributed by atoms with Crippen LogP contribution in [-0.2, 0) is 0 Å². The Morgan fingerprint density at radius 1 is 1.18 bits per heavy atom. The normalized spacial score (nSPS) is 10.8. The molecular formula is C11H8N4O2. The minimum absolute atomic E-state index is 0.200. The summed E-state index contributed by atoms with van der Waals surface area (Å²) in [5, 5.41) is 0.484. The highest BCUT2D eigenvalue weighted by atomic mass is 16.1. The Morgan fingerprint density at radius 2 is 2.06 bits per heavy atom. The second-order valence-electron chi connectivity index (χ2n) is 3.55. The van der Waals surface area contributed by atoms with Crippen LogP contribution in [0.4, 0.5) is 0 Å². The van der Waals surface area contributed by atoms with Crippen LogP contribution in [0.25, 0.3) is 16.9 Å². The first-order chi connectivity index (χ1) is 8.25. The SMILES string of the molecule is O=c1cccc(-n2ccc3c(=O)[nH]cnc32)[nH]1. The molecule has 3 rings (SSSR count). The van der Waals surface area contributed by atoms with Gasteiger partial charge in [-0.25, -0.2) is 4.98 Å². The number of pyridine rings is 1. The molecule has 0 fully saturated rings. The summed E-state index contributed by atoms with van der Waals surface area (Å²) in [5.41, 5.74) is 0.108. The second-order valence-corrected chi connectivity index (χ2v) is 3.55. The van der Waals surface area contributed by atoms with Gasteiger partial charge in [0.2, 0.25) is 5.56 Å². The average Bonchev–Trinajstić information content (AvgIpc) is 2.74. The van der Waals surface area contributed by atoms with E-state index in [1.54, 1.807) is 29.0 Å². The number of fused-ring (bicyclic) bond motifs is 1. The van der Waals surface area contributed by atoms with Crippen LogP contribution in [0.5, 0.6) is 0 Å². The van der Waals surface area contributed by atoms with Gasteiger partial charge in [0, 0.05) is 12.3 Å². The molecule has 3 aromatic rings. The monoisotopic (exact) mass is 228 g/mol. The number of aromatic amines is 2. The molecule has 0 amide bonds. The standard InChI is InChI=1S/C11H8N4O2/c16-9-3-1-2-8(14-9)15-5-4-7-10(15)12-6-13-11(7)17/h1-6H,(H,14,16)(H,12,13,17). The number of H-pyrrole nitrogens is 2. The highest BCUT2D eigenvalue weighted by Crippen LogP contribution is 2.12. The van der Waals surface area contributed by atoms with E-state index in [-0.39, 0.29) is 11.1 Å². The van der Waals surface area contributed by atoms with Gasteiger partial charge in [0.1, 0.15) is 5.82 Å². The van der Waals surface area contributed by atoms with Gasteiger partial charge in [0.25, 0.3) is 5.56 Å². The molecule has 0 unspecified atom stereocenters. The summed E-state index contributed by atoms with van der Waals surface area (Å²) in [6, 6.07) is 6.47. The molecular weight excluding hydrogens is 220 g/mol. The zero-order valence-corrected chi connectivity index (χ0v) is 8.68. The van der Waals surface area contributed by atoms with E-state index >= 15 is 0 Å². The van der Waals surface area contributed by atoms with Gasteiger partial charge in [0.15, 0.2) is 5.65 Å². The summed E-state index contributed by atoms with van der Waals surface area (Å²) in [6.07, 6.45) is 3.03. The maximum atomic E-state index is 11.5. The Labute approximate surface area is 94.6 Å². The number of aromatic nitrogens is 4. The number of rotatable bonds is 1. The Kier molecular flexibility index (Phi) is 1.94. The van der Waals surface area contributed by atoms with E-state index in [1.807, 2.05) is 0 Å². The molecule has 0 spiro atoms. The zero-order valence-electron chi connectivity index (χ0n) is 8.68. The summed E-state index contributed by atoms with van der Waals surface area (Å²) in [5.74, 6) is 0.575. The fourth-order valence-electron chi connectivity index (χ4n) is 1.73. The van der Waals surface area contributed by atoms with Gasteiger partial charge >= 0.3 is 0 Å². The van der Waals surface area contributed by atoms with E-state index in [1.165, 1.54) is 12.4 Å². The molecule has 0 aliphatic carbocycles. The van der Waals surface area contributed by atoms with Crippen LogP contribution in [0.15, 0.2) is 46.4 Å². The number of nitrogens with one attached hydrogen (secondary N) is 2. The van der Waals surface area contributed by atoms with Crippen LogP contribution in [0.3, 0.4) is 0 Å². The number of hydrogen-bond donors (Lipinski definition) is 2. The van der Waals surface area contributed by atoms with E-state index in [2.05, 4.69) is 15.0 Å². The minimum atomic E-state index is -0.202. The summed E-state index contributed by atoms with van der Waals surface area (Å²) < 4.78 is 1.66. The molecule has 6 nitrogen and oxygen atoms in total. The van der Waals surface area contributed by atoms with E-state index < -0.39 is 0 Å². The van der Waals surface area contributed by atoms with Crippen molar-refractivity contribution in [3.8, 4) is 5.82 Å². The van der Waals surface area contributed by atoms with E-state index in [4.69, 9.17) is 0 Å². The van der Waals surface area contributed by atoms with Crippen molar-refractivity contribution < 1.29 is 0 Å². The predicted molar refractivity (Wildman–Crippen MR) is 62.3 cm³/mol. The largest absolute Gasteiger partial charge is 0.313 e. The van der Waals surface area contributed by atoms with Crippen LogP contribution < -0.4 is 11.1 Å². The molecule has 3 aromatic heterocycles. The molecule has 0 saturated carbocycles. The van der Waals surface area contributed by atoms with Gasteiger partial charge in [0.05, 0.1) is 11.7 Å². The van der Waals surface area contributed by atoms with Crippen LogP contribution >= 0.6 is 0 Å². The Balaban J connectivity index is 2.36. The Bertz CT molecular complexity index is 797. The summed E-state index contributed by atoms with van der Waals surface area (Å²) in [6.45, 7) is 0. The fourth-order valence-corrected chi connectivity index (χ4v) is 1.73. The lowest BCUT2D eigenvalue weighted by molar-refractivity contribution is 0.997. The van der Waals surface area contributed by atoms with Crippen molar-refractivity contribution in [2.24, 2.45) is 0 Å². The molecule has 6 heteroatoms. The molecule has 17 heavy (non-hydrogen) atoms. The first-order valence-electron chi connectivity index (χ1n) is 5.00. The van der Waals surface area contributed by atoms with Crippen molar-refractivity contribution in [3.05, 3.63) is 57.5 Å². The smallest absolute Gasteiger partial charge is 0.260 e. The van der Waals surface area contributed by atoms with Gasteiger partial charge in [-0.1, -0.05) is 6.07 Å². The Morgan fingerprint density at radius 3 is 2.88 bits per heavy atom. The van der Waals surface area contributed by atoms with Gasteiger partial charge < -0.3 is 9.97 Å². The van der Waals surface area contributed by atoms with Crippen molar-refractivity contribution >= 4 is 11.0 Å². The topological polar surface area (TPSA) is 83.5 Å². The molecule has 0 bridgehead atoms. The number of hydrogen-bond acceptors (Lipinski definition) is 3. The minimum Gasteiger partial charge on any atom is -0.313 e. The molecule has 3 heterocycles. The predicted octanol–water partition coefficient (Wildman–Crippen LogP) is 0.402. The fraction of sp³-hybridized carbons (Fsp3) is 0. The van der Waals surface area contributed by atoms with Crippen molar-refractivity contribution in [2.45, 2.75) is 0 Å². The molecule has 0 radical (unpaired) electrons. The summed E-state index contributed by atoms with van der Waals surface area (Å²) >= 11 is 0. The van der Waals surface area contributed by atoms with E-state index in [9.17, 15) is 9.59 Å². The van der Waals surface area contributed by atoms with Crippen LogP contribution in [0.2, 0.25) is 0 Å². The third kappa shape index (κ3) is 1.46. The molecule has 0 aliphatic heterocycles. The lowest BCUT2D eigenvalue weighted by Gasteiger charge is -2.02. The van der Waals surface area contributed by atoms with Gasteiger partial charge in [-0.15, -0.1) is 0 Å². The summed E-state index contributed by atoms with van der Waals surface area (Å²) in [4.78, 5) is 32.0. The molecule has 0 saturated heterocycles. The second kappa shape index (κ2) is 3.44. The highest BCUT2D eigenvalue weighted by Gasteiger charge is 2.06. The van der Waals surface area contributed by atoms with Crippen molar-refractivity contribution in [1.82, 2.24) is 19.5 Å². The van der Waals surface area contributed by atoms with Gasteiger partial charge in [-0.3, -0.25) is 14.2 Å². The van der Waals surface area contributed by atoms with Crippen LogP contribution in [-0.4, -0.2) is 19.5 Å². The zero-order chi connectivity index (χ0) is 11.8. The average molecular weight is 228 g/mol. The van der Waals surface area contributed by atoms with Crippen molar-refractivity contribution in [3.63, 3.8) is 0 Å². The van der Waals surface area contributed by atoms with Crippen LogP contribution in [0, 0.1) is 0 Å². The van der Waals surface area contributed by atoms with Gasteiger partial charge in [-0.05, 0) is 12.1 Å². The number of nitrogens with zero attached hydrogens (tertiary/aromatic N) is 2. The molecule has 2 N–H and O–H groups in total. The lowest BCUT2D eigenvalue weighted by Crippen LogP contribution is -2.10. The van der Waals surface area contributed by atoms with Crippen molar-refractivity contribution in [1.29, 1.82) is 0 Å². The van der Waals surface area contributed by atoms with E-state index in [0.29, 0.717) is 16.9 Å². The maximum absolute atomic E-state index is 11.5. The quantitative estimate of drug-likeness (QED) is 0.632. The Hall–Kier alpha value is -2.63. The first-order valence-corrected chi connectivity index (χ1v) is 5.00. The highest BCUT2D eigenvalue weighted by molar-refractivity contribution is 5.76. The summed E-state index contributed by atoms with van der Waals surface area (Å²) in [7, 11) is 0. The molecule has 0 atom stereocenters. The third-order valence-corrected chi connectivity index (χ3v) is 2.50. The lowest BCUT2D eigenvalue weighted by atomic mass is 10.4. The van der Waals surface area contributed by atoms with Gasteiger partial charge in [-0.2, -0.15) is 0 Å².